The molecule has 7 nitrogen and oxygen atoms in total. The summed E-state index contributed by atoms with van der Waals surface area (Å²) in [6, 6.07) is 16.6. The van der Waals surface area contributed by atoms with E-state index in [1.807, 2.05) is 0 Å². The maximum Gasteiger partial charge on any atom is 0.338 e. The van der Waals surface area contributed by atoms with E-state index in [0.717, 1.165) is 0 Å². The molecule has 0 spiro atoms. The average Bonchev–Trinajstić information content (AvgIpc) is 3.10. The van der Waals surface area contributed by atoms with Gasteiger partial charge in [0.1, 0.15) is 6.10 Å². The van der Waals surface area contributed by atoms with Crippen molar-refractivity contribution in [2.24, 2.45) is 0 Å². The van der Waals surface area contributed by atoms with E-state index in [9.17, 15) is 9.59 Å². The number of carbonyl (C=O) groups excluding carboxylic acids is 2. The Bertz CT molecular complexity index is 951. The van der Waals surface area contributed by atoms with Crippen LogP contribution < -0.4 is 0 Å². The van der Waals surface area contributed by atoms with Crippen LogP contribution >= 0.6 is 34.8 Å². The van der Waals surface area contributed by atoms with Crippen LogP contribution in [0.2, 0.25) is 0 Å². The van der Waals surface area contributed by atoms with Crippen LogP contribution in [0, 0.1) is 5.41 Å². The Morgan fingerprint density at radius 2 is 1.34 bits per heavy atom. The van der Waals surface area contributed by atoms with Gasteiger partial charge in [-0.25, -0.2) is 9.59 Å². The standard InChI is InChI=1S/C22H20Cl3NO6/c1-2-15-16(30-18(27)13-9-5-3-6-10-13)17(20(29-15)32-21(26)22(23,24)25)31-19(28)14-11-7-4-8-12-14/h3-12,15-17,20,26H,2H2,1H3/t15-,16?,17-,20-/m0/s1. The fourth-order valence-corrected chi connectivity index (χ4v) is 3.23. The fraction of sp³-hybridized carbons (Fsp3) is 0.318. The van der Waals surface area contributed by atoms with Gasteiger partial charge in [-0.1, -0.05) is 78.1 Å². The van der Waals surface area contributed by atoms with Crippen LogP contribution in [0.5, 0.6) is 0 Å². The van der Waals surface area contributed by atoms with Crippen LogP contribution in [0.1, 0.15) is 34.1 Å². The Kier molecular flexibility index (Phi) is 8.00. The van der Waals surface area contributed by atoms with E-state index < -0.39 is 46.2 Å². The highest BCUT2D eigenvalue weighted by Gasteiger charge is 2.51. The number of alkyl halides is 3. The van der Waals surface area contributed by atoms with E-state index in [1.54, 1.807) is 67.6 Å². The molecular weight excluding hydrogens is 481 g/mol. The monoisotopic (exact) mass is 499 g/mol. The second-order valence-electron chi connectivity index (χ2n) is 6.87. The zero-order valence-electron chi connectivity index (χ0n) is 16.9. The molecule has 0 aromatic heterocycles. The summed E-state index contributed by atoms with van der Waals surface area (Å²) >= 11 is 17.1. The van der Waals surface area contributed by atoms with Crippen molar-refractivity contribution in [3.05, 3.63) is 71.8 Å². The number of benzene rings is 2. The van der Waals surface area contributed by atoms with Gasteiger partial charge in [0.15, 0.2) is 6.10 Å². The van der Waals surface area contributed by atoms with Gasteiger partial charge < -0.3 is 18.9 Å². The summed E-state index contributed by atoms with van der Waals surface area (Å²) in [7, 11) is 0. The van der Waals surface area contributed by atoms with Gasteiger partial charge in [0, 0.05) is 0 Å². The zero-order valence-corrected chi connectivity index (χ0v) is 19.1. The van der Waals surface area contributed by atoms with Crippen LogP contribution in [0.25, 0.3) is 0 Å². The largest absolute Gasteiger partial charge is 0.452 e. The van der Waals surface area contributed by atoms with Crippen molar-refractivity contribution in [1.82, 2.24) is 0 Å². The SMILES string of the molecule is CC[C@@H]1O[C@@H](OC(=N)C(Cl)(Cl)Cl)[C@@H](OC(=O)c2ccccc2)C1OC(=O)c1ccccc1. The number of hydrogen-bond acceptors (Lipinski definition) is 7. The minimum atomic E-state index is -2.15. The maximum atomic E-state index is 12.7. The molecule has 1 fully saturated rings. The summed E-state index contributed by atoms with van der Waals surface area (Å²) in [5, 5.41) is 7.86. The van der Waals surface area contributed by atoms with Crippen LogP contribution in [0.15, 0.2) is 60.7 Å². The number of nitrogens with one attached hydrogen (secondary N) is 1. The normalized spacial score (nSPS) is 22.8. The Hall–Kier alpha value is -2.32. The molecule has 0 amide bonds. The van der Waals surface area contributed by atoms with Gasteiger partial charge in [0.05, 0.1) is 11.1 Å². The third-order valence-electron chi connectivity index (χ3n) is 4.67. The lowest BCUT2D eigenvalue weighted by Gasteiger charge is -2.25. The Morgan fingerprint density at radius 3 is 1.78 bits per heavy atom. The molecule has 1 unspecified atom stereocenters. The average molecular weight is 501 g/mol. The van der Waals surface area contributed by atoms with Crippen molar-refractivity contribution < 1.29 is 28.5 Å². The Morgan fingerprint density at radius 1 is 0.875 bits per heavy atom. The van der Waals surface area contributed by atoms with Gasteiger partial charge in [-0.05, 0) is 30.7 Å². The minimum Gasteiger partial charge on any atom is -0.452 e. The molecule has 0 radical (unpaired) electrons. The van der Waals surface area contributed by atoms with E-state index in [4.69, 9.17) is 59.2 Å². The molecular formula is C22H20Cl3NO6. The molecule has 1 saturated heterocycles. The lowest BCUT2D eigenvalue weighted by molar-refractivity contribution is -0.122. The molecule has 1 aliphatic heterocycles. The number of rotatable bonds is 6. The van der Waals surface area contributed by atoms with Crippen molar-refractivity contribution in [1.29, 1.82) is 5.41 Å². The smallest absolute Gasteiger partial charge is 0.338 e. The van der Waals surface area contributed by atoms with E-state index in [0.29, 0.717) is 12.0 Å². The van der Waals surface area contributed by atoms with Crippen molar-refractivity contribution >= 4 is 52.6 Å². The van der Waals surface area contributed by atoms with Crippen LogP contribution in [0.3, 0.4) is 0 Å². The predicted molar refractivity (Wildman–Crippen MR) is 119 cm³/mol. The lowest BCUT2D eigenvalue weighted by Crippen LogP contribution is -2.42. The summed E-state index contributed by atoms with van der Waals surface area (Å²) in [5.74, 6) is -2.04. The molecule has 4 atom stereocenters. The maximum absolute atomic E-state index is 12.7. The van der Waals surface area contributed by atoms with Gasteiger partial charge in [-0.3, -0.25) is 5.41 Å². The molecule has 170 valence electrons. The van der Waals surface area contributed by atoms with Gasteiger partial charge in [0.2, 0.25) is 18.3 Å². The van der Waals surface area contributed by atoms with Crippen LogP contribution in [-0.2, 0) is 18.9 Å². The highest BCUT2D eigenvalue weighted by molar-refractivity contribution is 6.76. The molecule has 1 heterocycles. The highest BCUT2D eigenvalue weighted by Crippen LogP contribution is 2.34. The molecule has 0 bridgehead atoms. The number of ether oxygens (including phenoxy) is 4. The molecule has 1 aliphatic rings. The first-order valence-corrected chi connectivity index (χ1v) is 10.8. The van der Waals surface area contributed by atoms with Gasteiger partial charge in [0.25, 0.3) is 3.79 Å². The molecule has 0 saturated carbocycles. The summed E-state index contributed by atoms with van der Waals surface area (Å²) in [6.45, 7) is 1.80. The van der Waals surface area contributed by atoms with Gasteiger partial charge >= 0.3 is 11.9 Å². The summed E-state index contributed by atoms with van der Waals surface area (Å²) < 4.78 is 20.3. The first-order valence-electron chi connectivity index (χ1n) is 9.70. The van der Waals surface area contributed by atoms with Gasteiger partial charge in [-0.15, -0.1) is 0 Å². The first-order chi connectivity index (χ1) is 15.2. The predicted octanol–water partition coefficient (Wildman–Crippen LogP) is 4.94. The zero-order chi connectivity index (χ0) is 23.3. The molecule has 10 heteroatoms. The van der Waals surface area contributed by atoms with E-state index in [-0.39, 0.29) is 5.56 Å². The van der Waals surface area contributed by atoms with Crippen LogP contribution in [-0.4, -0.2) is 46.2 Å². The van der Waals surface area contributed by atoms with Crippen molar-refractivity contribution in [3.8, 4) is 0 Å². The number of esters is 2. The lowest BCUT2D eigenvalue weighted by atomic mass is 10.1. The second-order valence-corrected chi connectivity index (χ2v) is 9.15. The molecule has 2 aromatic rings. The number of hydrogen-bond donors (Lipinski definition) is 1. The van der Waals surface area contributed by atoms with Gasteiger partial charge in [-0.2, -0.15) is 0 Å². The summed E-state index contributed by atoms with van der Waals surface area (Å²) in [6.07, 6.45) is -3.86. The second kappa shape index (κ2) is 10.5. The summed E-state index contributed by atoms with van der Waals surface area (Å²) in [5.41, 5.74) is 0.588. The summed E-state index contributed by atoms with van der Waals surface area (Å²) in [4.78, 5) is 25.4. The molecule has 3 rings (SSSR count). The fourth-order valence-electron chi connectivity index (χ4n) is 3.10. The minimum absolute atomic E-state index is 0.274. The van der Waals surface area contributed by atoms with E-state index >= 15 is 0 Å². The Balaban J connectivity index is 1.87. The van der Waals surface area contributed by atoms with Crippen LogP contribution in [0.4, 0.5) is 0 Å². The third kappa shape index (κ3) is 5.92. The quantitative estimate of drug-likeness (QED) is 0.261. The van der Waals surface area contributed by atoms with Crippen molar-refractivity contribution in [2.75, 3.05) is 0 Å². The number of halogens is 3. The molecule has 0 aliphatic carbocycles. The molecule has 1 N–H and O–H groups in total. The van der Waals surface area contributed by atoms with Crippen molar-refractivity contribution in [2.45, 2.75) is 41.7 Å². The number of carbonyl (C=O) groups is 2. The Labute approximate surface area is 200 Å². The van der Waals surface area contributed by atoms with E-state index in [2.05, 4.69) is 0 Å². The molecule has 2 aromatic carbocycles. The topological polar surface area (TPSA) is 94.9 Å². The first kappa shape index (κ1) is 24.3. The molecule has 32 heavy (non-hydrogen) atoms. The van der Waals surface area contributed by atoms with E-state index in [1.165, 1.54) is 0 Å². The third-order valence-corrected chi connectivity index (χ3v) is 5.18. The van der Waals surface area contributed by atoms with Crippen molar-refractivity contribution in [3.63, 3.8) is 0 Å². The highest BCUT2D eigenvalue weighted by atomic mass is 35.6.